The fraction of sp³-hybridized carbons (Fsp3) is 0.364. The summed E-state index contributed by atoms with van der Waals surface area (Å²) in [6.07, 6.45) is 1.42. The van der Waals surface area contributed by atoms with Gasteiger partial charge in [-0.2, -0.15) is 0 Å². The second-order valence-corrected chi connectivity index (χ2v) is 6.69. The van der Waals surface area contributed by atoms with Gasteiger partial charge in [-0.05, 0) is 30.0 Å². The van der Waals surface area contributed by atoms with E-state index in [2.05, 4.69) is 51.7 Å². The van der Waals surface area contributed by atoms with Gasteiger partial charge in [0.25, 0.3) is 0 Å². The highest BCUT2D eigenvalue weighted by atomic mass is 16.1. The molecule has 1 amide bonds. The van der Waals surface area contributed by atoms with E-state index in [9.17, 15) is 4.79 Å². The fourth-order valence-corrected chi connectivity index (χ4v) is 3.25. The van der Waals surface area contributed by atoms with Gasteiger partial charge in [0.15, 0.2) is 5.96 Å². The summed E-state index contributed by atoms with van der Waals surface area (Å²) in [5.74, 6) is 0.922. The molecule has 0 aliphatic carbocycles. The number of guanidine groups is 1. The van der Waals surface area contributed by atoms with Gasteiger partial charge in [-0.25, -0.2) is 0 Å². The second kappa shape index (κ2) is 9.76. The van der Waals surface area contributed by atoms with E-state index in [1.165, 1.54) is 11.1 Å². The van der Waals surface area contributed by atoms with Gasteiger partial charge >= 0.3 is 0 Å². The second-order valence-electron chi connectivity index (χ2n) is 6.69. The Labute approximate surface area is 161 Å². The lowest BCUT2D eigenvalue weighted by atomic mass is 10.0. The molecule has 0 bridgehead atoms. The number of nitrogens with one attached hydrogen (secondary N) is 2. The maximum Gasteiger partial charge on any atom is 0.222 e. The van der Waals surface area contributed by atoms with Crippen molar-refractivity contribution in [2.24, 2.45) is 4.99 Å². The minimum atomic E-state index is 0.0300. The molecule has 1 heterocycles. The van der Waals surface area contributed by atoms with E-state index >= 15 is 0 Å². The Hall–Kier alpha value is -2.82. The topological polar surface area (TPSA) is 56.7 Å². The molecule has 1 aliphatic rings. The van der Waals surface area contributed by atoms with Crippen LogP contribution >= 0.6 is 0 Å². The van der Waals surface area contributed by atoms with Crippen LogP contribution in [0.3, 0.4) is 0 Å². The Kier molecular flexibility index (Phi) is 6.85. The van der Waals surface area contributed by atoms with Crippen molar-refractivity contribution < 1.29 is 4.79 Å². The van der Waals surface area contributed by atoms with Crippen LogP contribution in [0.25, 0.3) is 0 Å². The molecule has 0 unspecified atom stereocenters. The van der Waals surface area contributed by atoms with Crippen LogP contribution in [0.15, 0.2) is 59.6 Å². The molecule has 0 aromatic heterocycles. The summed E-state index contributed by atoms with van der Waals surface area (Å²) < 4.78 is 0. The zero-order chi connectivity index (χ0) is 18.9. The Morgan fingerprint density at radius 1 is 1.04 bits per heavy atom. The first-order valence-electron chi connectivity index (χ1n) is 9.67. The number of hydrogen-bond acceptors (Lipinski definition) is 2. The molecular weight excluding hydrogens is 336 g/mol. The van der Waals surface area contributed by atoms with E-state index in [1.807, 2.05) is 30.3 Å². The molecule has 0 saturated heterocycles. The number of fused-ring (bicyclic) bond motifs is 1. The van der Waals surface area contributed by atoms with Crippen LogP contribution in [0.4, 0.5) is 0 Å². The zero-order valence-corrected chi connectivity index (χ0v) is 15.9. The average molecular weight is 364 g/mol. The van der Waals surface area contributed by atoms with E-state index in [0.717, 1.165) is 37.6 Å². The lowest BCUT2D eigenvalue weighted by molar-refractivity contribution is -0.121. The smallest absolute Gasteiger partial charge is 0.222 e. The SMILES string of the molecule is CCNC(=NCCC(=O)NCc1ccccc1)N1CCc2ccccc2C1. The molecule has 5 nitrogen and oxygen atoms in total. The Bertz CT molecular complexity index is 773. The van der Waals surface area contributed by atoms with Crippen molar-refractivity contribution in [3.05, 3.63) is 71.3 Å². The van der Waals surface area contributed by atoms with E-state index in [4.69, 9.17) is 0 Å². The highest BCUT2D eigenvalue weighted by Crippen LogP contribution is 2.18. The third-order valence-electron chi connectivity index (χ3n) is 4.70. The fourth-order valence-electron chi connectivity index (χ4n) is 3.25. The number of rotatable bonds is 6. The quantitative estimate of drug-likeness (QED) is 0.612. The zero-order valence-electron chi connectivity index (χ0n) is 15.9. The Morgan fingerprint density at radius 3 is 2.56 bits per heavy atom. The molecule has 0 spiro atoms. The molecule has 0 atom stereocenters. The number of nitrogens with zero attached hydrogens (tertiary/aromatic N) is 2. The minimum Gasteiger partial charge on any atom is -0.357 e. The van der Waals surface area contributed by atoms with E-state index < -0.39 is 0 Å². The van der Waals surface area contributed by atoms with Crippen molar-refractivity contribution in [2.75, 3.05) is 19.6 Å². The van der Waals surface area contributed by atoms with Gasteiger partial charge in [0.05, 0.1) is 6.54 Å². The molecule has 0 fully saturated rings. The average Bonchev–Trinajstić information content (AvgIpc) is 2.72. The van der Waals surface area contributed by atoms with E-state index in [0.29, 0.717) is 19.5 Å². The number of hydrogen-bond donors (Lipinski definition) is 2. The highest BCUT2D eigenvalue weighted by molar-refractivity contribution is 5.81. The first-order chi connectivity index (χ1) is 13.3. The number of aliphatic imine (C=N–C) groups is 1. The van der Waals surface area contributed by atoms with Crippen LogP contribution in [-0.4, -0.2) is 36.4 Å². The van der Waals surface area contributed by atoms with Crippen molar-refractivity contribution in [2.45, 2.75) is 32.9 Å². The first-order valence-corrected chi connectivity index (χ1v) is 9.67. The molecule has 2 N–H and O–H groups in total. The van der Waals surface area contributed by atoms with Gasteiger partial charge in [-0.15, -0.1) is 0 Å². The normalized spacial score (nSPS) is 13.8. The van der Waals surface area contributed by atoms with Crippen LogP contribution in [0.2, 0.25) is 0 Å². The van der Waals surface area contributed by atoms with E-state index in [-0.39, 0.29) is 5.91 Å². The van der Waals surface area contributed by atoms with Gasteiger partial charge in [0, 0.05) is 32.6 Å². The lowest BCUT2D eigenvalue weighted by Gasteiger charge is -2.31. The molecule has 0 saturated carbocycles. The predicted octanol–water partition coefficient (Wildman–Crippen LogP) is 2.72. The van der Waals surface area contributed by atoms with Gasteiger partial charge in [0.2, 0.25) is 5.91 Å². The number of benzene rings is 2. The van der Waals surface area contributed by atoms with Crippen LogP contribution < -0.4 is 10.6 Å². The van der Waals surface area contributed by atoms with Gasteiger partial charge in [-0.1, -0.05) is 54.6 Å². The largest absolute Gasteiger partial charge is 0.357 e. The lowest BCUT2D eigenvalue weighted by Crippen LogP contribution is -2.44. The predicted molar refractivity (Wildman–Crippen MR) is 109 cm³/mol. The van der Waals surface area contributed by atoms with Crippen molar-refractivity contribution in [3.8, 4) is 0 Å². The summed E-state index contributed by atoms with van der Waals surface area (Å²) >= 11 is 0. The molecule has 2 aromatic rings. The summed E-state index contributed by atoms with van der Waals surface area (Å²) in [7, 11) is 0. The van der Waals surface area contributed by atoms with Crippen molar-refractivity contribution in [3.63, 3.8) is 0 Å². The van der Waals surface area contributed by atoms with Crippen LogP contribution in [-0.2, 0) is 24.3 Å². The number of carbonyl (C=O) groups excluding carboxylic acids is 1. The molecule has 27 heavy (non-hydrogen) atoms. The van der Waals surface area contributed by atoms with Crippen LogP contribution in [0.5, 0.6) is 0 Å². The molecule has 142 valence electrons. The molecular formula is C22H28N4O. The van der Waals surface area contributed by atoms with Crippen LogP contribution in [0.1, 0.15) is 30.0 Å². The minimum absolute atomic E-state index is 0.0300. The first kappa shape index (κ1) is 19.0. The van der Waals surface area contributed by atoms with Gasteiger partial charge in [0.1, 0.15) is 0 Å². The van der Waals surface area contributed by atoms with Crippen LogP contribution in [0, 0.1) is 0 Å². The number of carbonyl (C=O) groups is 1. The summed E-state index contributed by atoms with van der Waals surface area (Å²) in [4.78, 5) is 19.0. The number of amides is 1. The monoisotopic (exact) mass is 364 g/mol. The molecule has 5 heteroatoms. The van der Waals surface area contributed by atoms with Gasteiger partial charge < -0.3 is 15.5 Å². The summed E-state index contributed by atoms with van der Waals surface area (Å²) in [6, 6.07) is 18.5. The highest BCUT2D eigenvalue weighted by Gasteiger charge is 2.18. The maximum absolute atomic E-state index is 12.1. The van der Waals surface area contributed by atoms with Crippen molar-refractivity contribution in [1.29, 1.82) is 0 Å². The molecule has 2 aromatic carbocycles. The third kappa shape index (κ3) is 5.58. The van der Waals surface area contributed by atoms with E-state index in [1.54, 1.807) is 0 Å². The standard InChI is InChI=1S/C22H28N4O/c1-2-23-22(26-15-13-19-10-6-7-11-20(19)17-26)24-14-12-21(27)25-16-18-8-4-3-5-9-18/h3-11H,2,12-17H2,1H3,(H,23,24)(H,25,27). The summed E-state index contributed by atoms with van der Waals surface area (Å²) in [5, 5.41) is 6.31. The maximum atomic E-state index is 12.1. The summed E-state index contributed by atoms with van der Waals surface area (Å²) in [5.41, 5.74) is 3.88. The Balaban J connectivity index is 1.51. The molecule has 0 radical (unpaired) electrons. The van der Waals surface area contributed by atoms with Crippen molar-refractivity contribution in [1.82, 2.24) is 15.5 Å². The van der Waals surface area contributed by atoms with Gasteiger partial charge in [-0.3, -0.25) is 9.79 Å². The van der Waals surface area contributed by atoms with Crippen molar-refractivity contribution >= 4 is 11.9 Å². The Morgan fingerprint density at radius 2 is 1.78 bits per heavy atom. The summed E-state index contributed by atoms with van der Waals surface area (Å²) in [6.45, 7) is 5.75. The molecule has 3 rings (SSSR count). The third-order valence-corrected chi connectivity index (χ3v) is 4.70. The molecule has 1 aliphatic heterocycles.